The molecule has 1 aromatic rings. The molecule has 2 rings (SSSR count). The van der Waals surface area contributed by atoms with Crippen molar-refractivity contribution in [2.75, 3.05) is 5.32 Å². The fourth-order valence-corrected chi connectivity index (χ4v) is 2.88. The van der Waals surface area contributed by atoms with E-state index in [9.17, 15) is 0 Å². The van der Waals surface area contributed by atoms with Crippen molar-refractivity contribution in [1.29, 1.82) is 0 Å². The number of halogens is 1. The molecule has 1 N–H and O–H groups in total. The van der Waals surface area contributed by atoms with Gasteiger partial charge in [-0.2, -0.15) is 0 Å². The number of hydrogen-bond acceptors (Lipinski definition) is 2. The van der Waals surface area contributed by atoms with Gasteiger partial charge in [0.25, 0.3) is 0 Å². The average Bonchev–Trinajstić information content (AvgIpc) is 2.15. The van der Waals surface area contributed by atoms with E-state index < -0.39 is 0 Å². The Bertz CT molecular complexity index is 346. The Morgan fingerprint density at radius 1 is 1.25 bits per heavy atom. The Hall–Kier alpha value is -0.290. The quantitative estimate of drug-likeness (QED) is 0.835. The zero-order chi connectivity index (χ0) is 11.5. The van der Waals surface area contributed by atoms with Crippen LogP contribution in [0.5, 0.6) is 0 Å². The van der Waals surface area contributed by atoms with E-state index in [-0.39, 0.29) is 0 Å². The third kappa shape index (κ3) is 3.35. The maximum absolute atomic E-state index is 5.74. The normalized spacial score (nSPS) is 30.1. The Labute approximate surface area is 111 Å². The van der Waals surface area contributed by atoms with Gasteiger partial charge in [-0.1, -0.05) is 6.07 Å². The molecule has 1 saturated heterocycles. The molecule has 1 aliphatic heterocycles. The third-order valence-corrected chi connectivity index (χ3v) is 3.56. The first-order valence-corrected chi connectivity index (χ1v) is 6.89. The molecule has 0 spiro atoms. The van der Waals surface area contributed by atoms with Crippen LogP contribution in [-0.4, -0.2) is 18.2 Å². The van der Waals surface area contributed by atoms with E-state index in [1.54, 1.807) is 0 Å². The lowest BCUT2D eigenvalue weighted by Crippen LogP contribution is -2.36. The van der Waals surface area contributed by atoms with E-state index in [1.165, 1.54) is 9.26 Å². The van der Waals surface area contributed by atoms with Crippen LogP contribution in [0, 0.1) is 3.57 Å². The fourth-order valence-electron chi connectivity index (χ4n) is 2.34. The summed E-state index contributed by atoms with van der Waals surface area (Å²) >= 11 is 2.34. The Morgan fingerprint density at radius 2 is 1.94 bits per heavy atom. The largest absolute Gasteiger partial charge is 0.382 e. The van der Waals surface area contributed by atoms with Gasteiger partial charge < -0.3 is 10.1 Å². The van der Waals surface area contributed by atoms with E-state index in [0.717, 1.165) is 12.8 Å². The van der Waals surface area contributed by atoms with Gasteiger partial charge in [0.15, 0.2) is 0 Å². The summed E-state index contributed by atoms with van der Waals surface area (Å²) in [6.45, 7) is 4.30. The molecule has 1 aromatic carbocycles. The van der Waals surface area contributed by atoms with E-state index >= 15 is 0 Å². The van der Waals surface area contributed by atoms with Gasteiger partial charge >= 0.3 is 0 Å². The lowest BCUT2D eigenvalue weighted by atomic mass is 9.99. The fraction of sp³-hybridized carbons (Fsp3) is 0.538. The van der Waals surface area contributed by atoms with Crippen LogP contribution in [0.1, 0.15) is 26.7 Å². The minimum Gasteiger partial charge on any atom is -0.382 e. The van der Waals surface area contributed by atoms with Crippen molar-refractivity contribution < 1.29 is 4.74 Å². The second-order valence-electron chi connectivity index (χ2n) is 4.58. The SMILES string of the molecule is C[C@@H]1CC(Nc2cccc(I)c2)C[C@H](C)O1. The standard InChI is InChI=1S/C13H18INO/c1-9-6-13(7-10(2)16-9)15-12-5-3-4-11(14)8-12/h3-5,8-10,13,15H,6-7H2,1-2H3/t9-,10+,13?. The smallest absolute Gasteiger partial charge is 0.0570 e. The third-order valence-electron chi connectivity index (χ3n) is 2.89. The number of rotatable bonds is 2. The van der Waals surface area contributed by atoms with E-state index in [4.69, 9.17) is 4.74 Å². The van der Waals surface area contributed by atoms with Crippen molar-refractivity contribution >= 4 is 28.3 Å². The van der Waals surface area contributed by atoms with Crippen molar-refractivity contribution in [2.45, 2.75) is 44.9 Å². The summed E-state index contributed by atoms with van der Waals surface area (Å²) in [5.74, 6) is 0. The average molecular weight is 331 g/mol. The summed E-state index contributed by atoms with van der Waals surface area (Å²) in [6, 6.07) is 9.06. The molecule has 88 valence electrons. The van der Waals surface area contributed by atoms with Gasteiger partial charge in [0.1, 0.15) is 0 Å². The number of nitrogens with one attached hydrogen (secondary N) is 1. The van der Waals surface area contributed by atoms with Crippen LogP contribution >= 0.6 is 22.6 Å². The molecule has 0 bridgehead atoms. The zero-order valence-electron chi connectivity index (χ0n) is 9.74. The van der Waals surface area contributed by atoms with Crippen molar-refractivity contribution in [3.8, 4) is 0 Å². The second-order valence-corrected chi connectivity index (χ2v) is 5.83. The molecular weight excluding hydrogens is 313 g/mol. The summed E-state index contributed by atoms with van der Waals surface area (Å²) in [5.41, 5.74) is 1.22. The molecule has 0 aromatic heterocycles. The lowest BCUT2D eigenvalue weighted by molar-refractivity contribution is -0.0337. The van der Waals surface area contributed by atoms with E-state index in [1.807, 2.05) is 0 Å². The van der Waals surface area contributed by atoms with Crippen molar-refractivity contribution in [3.63, 3.8) is 0 Å². The summed E-state index contributed by atoms with van der Waals surface area (Å²) < 4.78 is 7.01. The molecule has 1 heterocycles. The van der Waals surface area contributed by atoms with E-state index in [0.29, 0.717) is 18.2 Å². The highest BCUT2D eigenvalue weighted by Gasteiger charge is 2.24. The van der Waals surface area contributed by atoms with Crippen LogP contribution in [0.4, 0.5) is 5.69 Å². The molecule has 3 atom stereocenters. The first kappa shape index (κ1) is 12.2. The van der Waals surface area contributed by atoms with Gasteiger partial charge in [-0.05, 0) is 67.5 Å². The lowest BCUT2D eigenvalue weighted by Gasteiger charge is -2.33. The highest BCUT2D eigenvalue weighted by Crippen LogP contribution is 2.23. The van der Waals surface area contributed by atoms with Gasteiger partial charge in [0.05, 0.1) is 12.2 Å². The predicted molar refractivity (Wildman–Crippen MR) is 75.8 cm³/mol. The monoisotopic (exact) mass is 331 g/mol. The molecule has 16 heavy (non-hydrogen) atoms. The number of benzene rings is 1. The molecule has 1 aliphatic rings. The van der Waals surface area contributed by atoms with Crippen LogP contribution in [-0.2, 0) is 4.74 Å². The second kappa shape index (κ2) is 5.36. The van der Waals surface area contributed by atoms with Crippen LogP contribution in [0.25, 0.3) is 0 Å². The van der Waals surface area contributed by atoms with Gasteiger partial charge in [-0.3, -0.25) is 0 Å². The number of anilines is 1. The molecule has 0 amide bonds. The highest BCUT2D eigenvalue weighted by atomic mass is 127. The van der Waals surface area contributed by atoms with E-state index in [2.05, 4.69) is 66.0 Å². The summed E-state index contributed by atoms with van der Waals surface area (Å²) in [6.07, 6.45) is 2.92. The molecule has 0 aliphatic carbocycles. The molecule has 0 radical (unpaired) electrons. The van der Waals surface area contributed by atoms with Crippen LogP contribution in [0.2, 0.25) is 0 Å². The van der Waals surface area contributed by atoms with Crippen molar-refractivity contribution in [1.82, 2.24) is 0 Å². The molecular formula is C13H18INO. The Balaban J connectivity index is 1.98. The van der Waals surface area contributed by atoms with Crippen molar-refractivity contribution in [2.24, 2.45) is 0 Å². The zero-order valence-corrected chi connectivity index (χ0v) is 11.9. The molecule has 3 heteroatoms. The van der Waals surface area contributed by atoms with Crippen LogP contribution < -0.4 is 5.32 Å². The molecule has 1 unspecified atom stereocenters. The first-order chi connectivity index (χ1) is 7.63. The minimum atomic E-state index is 0.365. The summed E-state index contributed by atoms with van der Waals surface area (Å²) in [5, 5.41) is 3.60. The Morgan fingerprint density at radius 3 is 2.56 bits per heavy atom. The maximum atomic E-state index is 5.74. The van der Waals surface area contributed by atoms with Gasteiger partial charge in [-0.15, -0.1) is 0 Å². The Kier molecular flexibility index (Phi) is 4.08. The van der Waals surface area contributed by atoms with Gasteiger partial charge in [0, 0.05) is 15.3 Å². The highest BCUT2D eigenvalue weighted by molar-refractivity contribution is 14.1. The van der Waals surface area contributed by atoms with Crippen molar-refractivity contribution in [3.05, 3.63) is 27.8 Å². The van der Waals surface area contributed by atoms with Gasteiger partial charge in [-0.25, -0.2) is 0 Å². The minimum absolute atomic E-state index is 0.365. The summed E-state index contributed by atoms with van der Waals surface area (Å²) in [4.78, 5) is 0. The van der Waals surface area contributed by atoms with Crippen LogP contribution in [0.3, 0.4) is 0 Å². The molecule has 0 saturated carbocycles. The number of hydrogen-bond donors (Lipinski definition) is 1. The van der Waals surface area contributed by atoms with Gasteiger partial charge in [0.2, 0.25) is 0 Å². The molecule has 2 nitrogen and oxygen atoms in total. The topological polar surface area (TPSA) is 21.3 Å². The first-order valence-electron chi connectivity index (χ1n) is 5.81. The molecule has 1 fully saturated rings. The van der Waals surface area contributed by atoms with Crippen LogP contribution in [0.15, 0.2) is 24.3 Å². The predicted octanol–water partition coefficient (Wildman–Crippen LogP) is 3.66. The maximum Gasteiger partial charge on any atom is 0.0570 e. The number of ether oxygens (including phenoxy) is 1. The summed E-state index contributed by atoms with van der Waals surface area (Å²) in [7, 11) is 0.